The third-order valence-corrected chi connectivity index (χ3v) is 4.36. The van der Waals surface area contributed by atoms with Crippen LogP contribution < -0.4 is 10.1 Å². The van der Waals surface area contributed by atoms with Gasteiger partial charge in [0.25, 0.3) is 0 Å². The van der Waals surface area contributed by atoms with E-state index in [0.717, 1.165) is 24.9 Å². The third-order valence-electron chi connectivity index (χ3n) is 4.36. The van der Waals surface area contributed by atoms with Gasteiger partial charge in [-0.1, -0.05) is 6.07 Å². The number of rotatable bonds is 5. The van der Waals surface area contributed by atoms with Gasteiger partial charge >= 0.3 is 0 Å². The Labute approximate surface area is 131 Å². The molecule has 118 valence electrons. The summed E-state index contributed by atoms with van der Waals surface area (Å²) in [6.45, 7) is 2.13. The summed E-state index contributed by atoms with van der Waals surface area (Å²) in [5, 5.41) is 12.5. The maximum absolute atomic E-state index is 9.10. The summed E-state index contributed by atoms with van der Waals surface area (Å²) < 4.78 is 17.1. The molecule has 0 unspecified atom stereocenters. The quantitative estimate of drug-likeness (QED) is 0.904. The van der Waals surface area contributed by atoms with Crippen LogP contribution in [0.3, 0.4) is 0 Å². The molecule has 1 saturated heterocycles. The third kappa shape index (κ3) is 3.25. The summed E-state index contributed by atoms with van der Waals surface area (Å²) in [5.74, 6) is 0.322. The standard InChI is InChI=1S/C17H22N2O3/c1-20-16-5-4-13(8-14(16)9-18)10-19-11-15-12-21-17(22-15)6-2-3-7-17/h4-5,8,15,19H,2-3,6-7,10-12H2,1H3/t15-/m0/s1. The van der Waals surface area contributed by atoms with Gasteiger partial charge in [0.05, 0.1) is 25.4 Å². The average molecular weight is 302 g/mol. The van der Waals surface area contributed by atoms with E-state index in [1.165, 1.54) is 12.8 Å². The van der Waals surface area contributed by atoms with E-state index < -0.39 is 0 Å². The van der Waals surface area contributed by atoms with Crippen molar-refractivity contribution >= 4 is 0 Å². The van der Waals surface area contributed by atoms with Gasteiger partial charge in [-0.3, -0.25) is 0 Å². The predicted molar refractivity (Wildman–Crippen MR) is 81.4 cm³/mol. The number of nitrogens with zero attached hydrogens (tertiary/aromatic N) is 1. The minimum Gasteiger partial charge on any atom is -0.495 e. The summed E-state index contributed by atoms with van der Waals surface area (Å²) in [6.07, 6.45) is 4.55. The lowest BCUT2D eigenvalue weighted by molar-refractivity contribution is -0.161. The molecule has 5 nitrogen and oxygen atoms in total. The number of hydrogen-bond acceptors (Lipinski definition) is 5. The molecule has 0 radical (unpaired) electrons. The highest BCUT2D eigenvalue weighted by atomic mass is 16.7. The lowest BCUT2D eigenvalue weighted by atomic mass is 10.1. The van der Waals surface area contributed by atoms with Crippen LogP contribution in [-0.2, 0) is 16.0 Å². The van der Waals surface area contributed by atoms with Crippen molar-refractivity contribution in [3.05, 3.63) is 29.3 Å². The Morgan fingerprint density at radius 1 is 1.41 bits per heavy atom. The molecule has 1 aromatic rings. The lowest BCUT2D eigenvalue weighted by Gasteiger charge is -2.22. The minimum atomic E-state index is -0.291. The maximum atomic E-state index is 9.10. The summed E-state index contributed by atoms with van der Waals surface area (Å²) in [5.41, 5.74) is 1.62. The molecule has 0 amide bonds. The number of nitriles is 1. The van der Waals surface area contributed by atoms with Gasteiger partial charge in [0.15, 0.2) is 5.79 Å². The summed E-state index contributed by atoms with van der Waals surface area (Å²) >= 11 is 0. The van der Waals surface area contributed by atoms with Gasteiger partial charge in [-0.25, -0.2) is 0 Å². The van der Waals surface area contributed by atoms with Gasteiger partial charge in [0.2, 0.25) is 0 Å². The van der Waals surface area contributed by atoms with Crippen LogP contribution in [0.25, 0.3) is 0 Å². The van der Waals surface area contributed by atoms with Crippen LogP contribution in [0.15, 0.2) is 18.2 Å². The lowest BCUT2D eigenvalue weighted by Crippen LogP contribution is -2.31. The normalized spacial score (nSPS) is 22.8. The van der Waals surface area contributed by atoms with Crippen molar-refractivity contribution in [1.82, 2.24) is 5.32 Å². The van der Waals surface area contributed by atoms with Crippen molar-refractivity contribution in [3.63, 3.8) is 0 Å². The fourth-order valence-corrected chi connectivity index (χ4v) is 3.22. The number of hydrogen-bond donors (Lipinski definition) is 1. The van der Waals surface area contributed by atoms with Crippen LogP contribution in [0.4, 0.5) is 0 Å². The van der Waals surface area contributed by atoms with Gasteiger partial charge in [0.1, 0.15) is 11.8 Å². The molecule has 22 heavy (non-hydrogen) atoms. The van der Waals surface area contributed by atoms with Crippen molar-refractivity contribution in [3.8, 4) is 11.8 Å². The predicted octanol–water partition coefficient (Wildman–Crippen LogP) is 2.34. The zero-order valence-electron chi connectivity index (χ0n) is 12.9. The van der Waals surface area contributed by atoms with Crippen molar-refractivity contribution in [2.45, 2.75) is 44.1 Å². The van der Waals surface area contributed by atoms with Crippen molar-refractivity contribution in [2.75, 3.05) is 20.3 Å². The second kappa shape index (κ2) is 6.66. The molecule has 1 aliphatic heterocycles. The van der Waals surface area contributed by atoms with E-state index in [9.17, 15) is 0 Å². The molecule has 5 heteroatoms. The molecule has 2 aliphatic rings. The van der Waals surface area contributed by atoms with Crippen molar-refractivity contribution < 1.29 is 14.2 Å². The highest BCUT2D eigenvalue weighted by molar-refractivity contribution is 5.45. The number of ether oxygens (including phenoxy) is 3. The fraction of sp³-hybridized carbons (Fsp3) is 0.588. The Bertz CT molecular complexity index is 562. The van der Waals surface area contributed by atoms with Crippen LogP contribution in [0.2, 0.25) is 0 Å². The van der Waals surface area contributed by atoms with Gasteiger partial charge in [-0.2, -0.15) is 5.26 Å². The van der Waals surface area contributed by atoms with Gasteiger partial charge in [-0.15, -0.1) is 0 Å². The first-order valence-electron chi connectivity index (χ1n) is 7.84. The summed E-state index contributed by atoms with van der Waals surface area (Å²) in [4.78, 5) is 0. The van der Waals surface area contributed by atoms with E-state index in [1.807, 2.05) is 18.2 Å². The van der Waals surface area contributed by atoms with E-state index in [1.54, 1.807) is 7.11 Å². The number of methoxy groups -OCH3 is 1. The van der Waals surface area contributed by atoms with Crippen LogP contribution in [-0.4, -0.2) is 32.2 Å². The van der Waals surface area contributed by atoms with E-state index in [4.69, 9.17) is 19.5 Å². The first-order valence-corrected chi connectivity index (χ1v) is 7.84. The molecule has 1 spiro atoms. The summed E-state index contributed by atoms with van der Waals surface area (Å²) in [6, 6.07) is 7.81. The molecule has 1 N–H and O–H groups in total. The Kier molecular flexibility index (Phi) is 4.63. The van der Waals surface area contributed by atoms with E-state index in [0.29, 0.717) is 24.5 Å². The Hall–Kier alpha value is -1.61. The van der Waals surface area contributed by atoms with Crippen molar-refractivity contribution in [2.24, 2.45) is 0 Å². The second-order valence-electron chi connectivity index (χ2n) is 5.95. The Morgan fingerprint density at radius 3 is 2.95 bits per heavy atom. The molecule has 2 fully saturated rings. The van der Waals surface area contributed by atoms with Crippen LogP contribution in [0, 0.1) is 11.3 Å². The SMILES string of the molecule is COc1ccc(CNC[C@H]2COC3(CCCC3)O2)cc1C#N. The fourth-order valence-electron chi connectivity index (χ4n) is 3.22. The number of nitrogens with one attached hydrogen (secondary N) is 1. The van der Waals surface area contributed by atoms with Crippen LogP contribution in [0.5, 0.6) is 5.75 Å². The second-order valence-corrected chi connectivity index (χ2v) is 5.95. The first-order chi connectivity index (χ1) is 10.7. The van der Waals surface area contributed by atoms with Crippen LogP contribution in [0.1, 0.15) is 36.8 Å². The molecule has 1 aliphatic carbocycles. The highest BCUT2D eigenvalue weighted by Crippen LogP contribution is 2.38. The summed E-state index contributed by atoms with van der Waals surface area (Å²) in [7, 11) is 1.57. The molecule has 1 heterocycles. The van der Waals surface area contributed by atoms with E-state index in [2.05, 4.69) is 11.4 Å². The monoisotopic (exact) mass is 302 g/mol. The molecular formula is C17H22N2O3. The zero-order chi connectivity index (χ0) is 15.4. The largest absolute Gasteiger partial charge is 0.495 e. The minimum absolute atomic E-state index is 0.117. The van der Waals surface area contributed by atoms with Gasteiger partial charge in [0, 0.05) is 25.9 Å². The molecule has 1 atom stereocenters. The number of benzene rings is 1. The Morgan fingerprint density at radius 2 is 2.23 bits per heavy atom. The molecule has 0 bridgehead atoms. The smallest absolute Gasteiger partial charge is 0.168 e. The Balaban J connectivity index is 1.48. The van der Waals surface area contributed by atoms with Crippen molar-refractivity contribution in [1.29, 1.82) is 5.26 Å². The van der Waals surface area contributed by atoms with E-state index in [-0.39, 0.29) is 11.9 Å². The first kappa shape index (κ1) is 15.3. The average Bonchev–Trinajstić information content (AvgIpc) is 3.17. The topological polar surface area (TPSA) is 63.5 Å². The highest BCUT2D eigenvalue weighted by Gasteiger charge is 2.43. The van der Waals surface area contributed by atoms with E-state index >= 15 is 0 Å². The molecule has 0 aromatic heterocycles. The molecule has 3 rings (SSSR count). The van der Waals surface area contributed by atoms with Crippen LogP contribution >= 0.6 is 0 Å². The molecular weight excluding hydrogens is 280 g/mol. The van der Waals surface area contributed by atoms with Gasteiger partial charge in [-0.05, 0) is 30.5 Å². The molecule has 1 aromatic carbocycles. The molecule has 1 saturated carbocycles. The maximum Gasteiger partial charge on any atom is 0.168 e. The van der Waals surface area contributed by atoms with Gasteiger partial charge < -0.3 is 19.5 Å². The zero-order valence-corrected chi connectivity index (χ0v) is 12.9.